The van der Waals surface area contributed by atoms with Crippen LogP contribution in [0.25, 0.3) is 0 Å². The van der Waals surface area contributed by atoms with Crippen molar-refractivity contribution in [2.24, 2.45) is 5.92 Å². The van der Waals surface area contributed by atoms with E-state index >= 15 is 0 Å². The van der Waals surface area contributed by atoms with Gasteiger partial charge in [-0.15, -0.1) is 0 Å². The maximum absolute atomic E-state index is 11.0. The second-order valence-corrected chi connectivity index (χ2v) is 4.64. The van der Waals surface area contributed by atoms with E-state index in [-0.39, 0.29) is 6.42 Å². The molecule has 0 aromatic heterocycles. The fourth-order valence-corrected chi connectivity index (χ4v) is 2.28. The Labute approximate surface area is 101 Å². The van der Waals surface area contributed by atoms with Gasteiger partial charge in [0.05, 0.1) is 0 Å². The van der Waals surface area contributed by atoms with Crippen molar-refractivity contribution in [1.29, 1.82) is 0 Å². The van der Waals surface area contributed by atoms with Gasteiger partial charge < -0.3 is 10.2 Å². The number of carbonyl (C=O) groups is 2. The van der Waals surface area contributed by atoms with E-state index in [1.54, 1.807) is 0 Å². The van der Waals surface area contributed by atoms with Crippen LogP contribution >= 0.6 is 0 Å². The molecule has 0 heterocycles. The van der Waals surface area contributed by atoms with Gasteiger partial charge in [0.15, 0.2) is 0 Å². The largest absolute Gasteiger partial charge is 0.481 e. The summed E-state index contributed by atoms with van der Waals surface area (Å²) in [6.07, 6.45) is 8.36. The Morgan fingerprint density at radius 1 is 1.06 bits per heavy atom. The molecule has 4 heteroatoms. The number of allylic oxidation sites excluding steroid dienone is 1. The van der Waals surface area contributed by atoms with Gasteiger partial charge >= 0.3 is 11.9 Å². The van der Waals surface area contributed by atoms with Crippen LogP contribution in [-0.4, -0.2) is 22.2 Å². The average Bonchev–Trinajstić information content (AvgIpc) is 2.28. The molecule has 1 fully saturated rings. The monoisotopic (exact) mass is 240 g/mol. The molecule has 1 saturated carbocycles. The van der Waals surface area contributed by atoms with E-state index in [1.807, 2.05) is 6.08 Å². The molecule has 0 aromatic carbocycles. The molecule has 1 rings (SSSR count). The zero-order chi connectivity index (χ0) is 12.7. The molecular formula is C13H20O4. The summed E-state index contributed by atoms with van der Waals surface area (Å²) in [5.41, 5.74) is 0.387. The minimum atomic E-state index is -0.902. The second kappa shape index (κ2) is 7.09. The summed E-state index contributed by atoms with van der Waals surface area (Å²) in [6, 6.07) is 0. The first-order chi connectivity index (χ1) is 8.09. The zero-order valence-electron chi connectivity index (χ0n) is 10.0. The van der Waals surface area contributed by atoms with E-state index in [0.29, 0.717) is 24.3 Å². The first-order valence-electron chi connectivity index (χ1n) is 6.25. The minimum absolute atomic E-state index is 0.0370. The highest BCUT2D eigenvalue weighted by molar-refractivity contribution is 5.86. The van der Waals surface area contributed by atoms with Crippen molar-refractivity contribution in [2.75, 3.05) is 0 Å². The van der Waals surface area contributed by atoms with Crippen molar-refractivity contribution in [2.45, 2.75) is 51.4 Å². The van der Waals surface area contributed by atoms with Gasteiger partial charge in [-0.05, 0) is 31.6 Å². The van der Waals surface area contributed by atoms with Gasteiger partial charge in [-0.1, -0.05) is 25.3 Å². The number of hydrogen-bond donors (Lipinski definition) is 2. The lowest BCUT2D eigenvalue weighted by Gasteiger charge is -2.18. The summed E-state index contributed by atoms with van der Waals surface area (Å²) >= 11 is 0. The molecule has 1 aliphatic rings. The maximum atomic E-state index is 11.0. The number of hydrogen-bond acceptors (Lipinski definition) is 2. The molecule has 96 valence electrons. The number of aliphatic carboxylic acids is 2. The fourth-order valence-electron chi connectivity index (χ4n) is 2.28. The Kier molecular flexibility index (Phi) is 5.73. The van der Waals surface area contributed by atoms with Crippen molar-refractivity contribution >= 4 is 11.9 Å². The van der Waals surface area contributed by atoms with Crippen LogP contribution < -0.4 is 0 Å². The van der Waals surface area contributed by atoms with Crippen LogP contribution in [0.15, 0.2) is 11.6 Å². The molecule has 0 bridgehead atoms. The Bertz CT molecular complexity index is 301. The Morgan fingerprint density at radius 2 is 1.71 bits per heavy atom. The van der Waals surface area contributed by atoms with Gasteiger partial charge in [-0.3, -0.25) is 4.79 Å². The summed E-state index contributed by atoms with van der Waals surface area (Å²) in [5, 5.41) is 17.6. The third-order valence-corrected chi connectivity index (χ3v) is 3.20. The maximum Gasteiger partial charge on any atom is 0.331 e. The summed E-state index contributed by atoms with van der Waals surface area (Å²) < 4.78 is 0. The molecule has 0 aliphatic heterocycles. The van der Waals surface area contributed by atoms with E-state index in [4.69, 9.17) is 10.2 Å². The van der Waals surface area contributed by atoms with Crippen molar-refractivity contribution in [3.05, 3.63) is 11.6 Å². The molecule has 0 unspecified atom stereocenters. The fraction of sp³-hybridized carbons (Fsp3) is 0.692. The molecule has 0 radical (unpaired) electrons. The van der Waals surface area contributed by atoms with E-state index in [9.17, 15) is 9.59 Å². The van der Waals surface area contributed by atoms with Crippen molar-refractivity contribution < 1.29 is 19.8 Å². The molecule has 2 N–H and O–H groups in total. The second-order valence-electron chi connectivity index (χ2n) is 4.64. The first kappa shape index (κ1) is 13.7. The van der Waals surface area contributed by atoms with E-state index in [0.717, 1.165) is 12.8 Å². The average molecular weight is 240 g/mol. The molecule has 1 aliphatic carbocycles. The van der Waals surface area contributed by atoms with Crippen molar-refractivity contribution in [1.82, 2.24) is 0 Å². The van der Waals surface area contributed by atoms with Crippen LogP contribution in [0.2, 0.25) is 0 Å². The Balaban J connectivity index is 2.48. The van der Waals surface area contributed by atoms with Gasteiger partial charge in [0, 0.05) is 12.0 Å². The van der Waals surface area contributed by atoms with Crippen LogP contribution in [0.1, 0.15) is 51.4 Å². The standard InChI is InChI=1S/C13H20O4/c14-12(15)8-4-7-11(13(16)17)9-10-5-2-1-3-6-10/h9-10H,1-8H2,(H,14,15)(H,16,17). The van der Waals surface area contributed by atoms with Gasteiger partial charge in [-0.2, -0.15) is 0 Å². The van der Waals surface area contributed by atoms with Crippen LogP contribution in [0, 0.1) is 5.92 Å². The smallest absolute Gasteiger partial charge is 0.331 e. The lowest BCUT2D eigenvalue weighted by molar-refractivity contribution is -0.137. The van der Waals surface area contributed by atoms with E-state index < -0.39 is 11.9 Å². The predicted molar refractivity (Wildman–Crippen MR) is 63.8 cm³/mol. The highest BCUT2D eigenvalue weighted by Gasteiger charge is 2.15. The molecule has 0 atom stereocenters. The van der Waals surface area contributed by atoms with Crippen LogP contribution in [-0.2, 0) is 9.59 Å². The van der Waals surface area contributed by atoms with Gasteiger partial charge in [-0.25, -0.2) is 4.79 Å². The summed E-state index contributed by atoms with van der Waals surface area (Å²) in [6.45, 7) is 0. The molecule has 0 amide bonds. The highest BCUT2D eigenvalue weighted by Crippen LogP contribution is 2.26. The Hall–Kier alpha value is -1.32. The third-order valence-electron chi connectivity index (χ3n) is 3.20. The summed E-state index contributed by atoms with van der Waals surface area (Å²) in [7, 11) is 0. The Morgan fingerprint density at radius 3 is 2.24 bits per heavy atom. The molecule has 0 spiro atoms. The summed E-state index contributed by atoms with van der Waals surface area (Å²) in [5.74, 6) is -1.40. The number of rotatable bonds is 6. The van der Waals surface area contributed by atoms with Crippen LogP contribution in [0.4, 0.5) is 0 Å². The predicted octanol–water partition coefficient (Wildman–Crippen LogP) is 2.83. The van der Waals surface area contributed by atoms with E-state index in [1.165, 1.54) is 19.3 Å². The lowest BCUT2D eigenvalue weighted by Crippen LogP contribution is -2.08. The zero-order valence-corrected chi connectivity index (χ0v) is 10.0. The van der Waals surface area contributed by atoms with Crippen molar-refractivity contribution in [3.8, 4) is 0 Å². The topological polar surface area (TPSA) is 74.6 Å². The van der Waals surface area contributed by atoms with Gasteiger partial charge in [0.2, 0.25) is 0 Å². The SMILES string of the molecule is O=C(O)CCCC(=CC1CCCCC1)C(=O)O. The number of carboxylic acid groups (broad SMARTS) is 2. The first-order valence-corrected chi connectivity index (χ1v) is 6.25. The quantitative estimate of drug-likeness (QED) is 0.700. The summed E-state index contributed by atoms with van der Waals surface area (Å²) in [4.78, 5) is 21.4. The molecular weight excluding hydrogens is 220 g/mol. The van der Waals surface area contributed by atoms with Crippen LogP contribution in [0.3, 0.4) is 0 Å². The molecule has 4 nitrogen and oxygen atoms in total. The lowest BCUT2D eigenvalue weighted by atomic mass is 9.87. The van der Waals surface area contributed by atoms with Crippen molar-refractivity contribution in [3.63, 3.8) is 0 Å². The van der Waals surface area contributed by atoms with Gasteiger partial charge in [0.25, 0.3) is 0 Å². The third kappa shape index (κ3) is 5.52. The normalized spacial score (nSPS) is 18.0. The minimum Gasteiger partial charge on any atom is -0.481 e. The highest BCUT2D eigenvalue weighted by atomic mass is 16.4. The van der Waals surface area contributed by atoms with Gasteiger partial charge in [0.1, 0.15) is 0 Å². The molecule has 17 heavy (non-hydrogen) atoms. The number of carboxylic acids is 2. The van der Waals surface area contributed by atoms with E-state index in [2.05, 4.69) is 0 Å². The van der Waals surface area contributed by atoms with Crippen LogP contribution in [0.5, 0.6) is 0 Å². The molecule has 0 saturated heterocycles. The molecule has 0 aromatic rings.